The first-order valence-corrected chi connectivity index (χ1v) is 5.64. The van der Waals surface area contributed by atoms with Gasteiger partial charge in [0.25, 0.3) is 0 Å². The fourth-order valence-electron chi connectivity index (χ4n) is 2.61. The largest absolute Gasteiger partial charge is 0.377 e. The van der Waals surface area contributed by atoms with Gasteiger partial charge in [0.1, 0.15) is 0 Å². The molecule has 1 nitrogen and oxygen atoms in total. The van der Waals surface area contributed by atoms with Gasteiger partial charge < -0.3 is 4.74 Å². The molecule has 2 rings (SSSR count). The molecular formula is C12H20O. The number of ether oxygens (including phenoxy) is 1. The molecule has 0 aromatic heterocycles. The summed E-state index contributed by atoms with van der Waals surface area (Å²) < 4.78 is 5.83. The van der Waals surface area contributed by atoms with E-state index in [4.69, 9.17) is 4.74 Å². The summed E-state index contributed by atoms with van der Waals surface area (Å²) in [5.41, 5.74) is 1.40. The highest BCUT2D eigenvalue weighted by molar-refractivity contribution is 5.00. The third-order valence-electron chi connectivity index (χ3n) is 3.45. The zero-order valence-corrected chi connectivity index (χ0v) is 8.43. The fourth-order valence-corrected chi connectivity index (χ4v) is 2.61. The second-order valence-electron chi connectivity index (χ2n) is 4.51. The first-order chi connectivity index (χ1) is 6.36. The van der Waals surface area contributed by atoms with Crippen LogP contribution in [0, 0.1) is 5.92 Å². The third kappa shape index (κ3) is 2.34. The van der Waals surface area contributed by atoms with Crippen LogP contribution in [0.1, 0.15) is 44.9 Å². The standard InChI is InChI=1S/C12H20O/c1-10-7-8-13-12(9-10)11-5-3-2-4-6-11/h11-12H,1-9H2. The van der Waals surface area contributed by atoms with E-state index in [1.165, 1.54) is 37.7 Å². The van der Waals surface area contributed by atoms with Gasteiger partial charge in [-0.25, -0.2) is 0 Å². The molecule has 0 aromatic carbocycles. The highest BCUT2D eigenvalue weighted by Crippen LogP contribution is 2.33. The van der Waals surface area contributed by atoms with E-state index in [1.807, 2.05) is 0 Å². The van der Waals surface area contributed by atoms with Crippen molar-refractivity contribution in [3.63, 3.8) is 0 Å². The first-order valence-electron chi connectivity index (χ1n) is 5.64. The Kier molecular flexibility index (Phi) is 3.05. The average molecular weight is 180 g/mol. The lowest BCUT2D eigenvalue weighted by molar-refractivity contribution is -0.0137. The molecule has 13 heavy (non-hydrogen) atoms. The molecule has 1 heteroatoms. The van der Waals surface area contributed by atoms with Gasteiger partial charge in [0.2, 0.25) is 0 Å². The topological polar surface area (TPSA) is 9.23 Å². The maximum Gasteiger partial charge on any atom is 0.0640 e. The molecule has 0 spiro atoms. The molecule has 0 radical (unpaired) electrons. The SMILES string of the molecule is C=C1CCOC(C2CCCCC2)C1. The highest BCUT2D eigenvalue weighted by Gasteiger charge is 2.26. The van der Waals surface area contributed by atoms with Crippen LogP contribution < -0.4 is 0 Å². The van der Waals surface area contributed by atoms with Crippen LogP contribution in [0.25, 0.3) is 0 Å². The van der Waals surface area contributed by atoms with Crippen LogP contribution in [0.3, 0.4) is 0 Å². The van der Waals surface area contributed by atoms with Crippen molar-refractivity contribution in [3.05, 3.63) is 12.2 Å². The van der Waals surface area contributed by atoms with Crippen molar-refractivity contribution in [2.75, 3.05) is 6.61 Å². The maximum atomic E-state index is 5.83. The van der Waals surface area contributed by atoms with Crippen LogP contribution in [-0.2, 0) is 4.74 Å². The second-order valence-corrected chi connectivity index (χ2v) is 4.51. The van der Waals surface area contributed by atoms with Crippen LogP contribution in [-0.4, -0.2) is 12.7 Å². The zero-order chi connectivity index (χ0) is 9.10. The zero-order valence-electron chi connectivity index (χ0n) is 8.43. The smallest absolute Gasteiger partial charge is 0.0640 e. The van der Waals surface area contributed by atoms with Crippen molar-refractivity contribution in [3.8, 4) is 0 Å². The molecule has 0 bridgehead atoms. The molecular weight excluding hydrogens is 160 g/mol. The predicted octanol–water partition coefficient (Wildman–Crippen LogP) is 3.30. The van der Waals surface area contributed by atoms with Gasteiger partial charge in [-0.15, -0.1) is 0 Å². The van der Waals surface area contributed by atoms with Crippen molar-refractivity contribution >= 4 is 0 Å². The summed E-state index contributed by atoms with van der Waals surface area (Å²) in [7, 11) is 0. The molecule has 0 aromatic rings. The maximum absolute atomic E-state index is 5.83. The molecule has 1 aliphatic carbocycles. The Morgan fingerprint density at radius 3 is 2.62 bits per heavy atom. The van der Waals surface area contributed by atoms with Gasteiger partial charge in [0.15, 0.2) is 0 Å². The Bertz CT molecular complexity index is 180. The van der Waals surface area contributed by atoms with Crippen LogP contribution in [0.2, 0.25) is 0 Å². The molecule has 0 N–H and O–H groups in total. The van der Waals surface area contributed by atoms with Gasteiger partial charge in [0.05, 0.1) is 12.7 Å². The van der Waals surface area contributed by atoms with Gasteiger partial charge in [-0.05, 0) is 31.6 Å². The van der Waals surface area contributed by atoms with E-state index in [0.717, 1.165) is 25.4 Å². The molecule has 2 fully saturated rings. The summed E-state index contributed by atoms with van der Waals surface area (Å²) in [6.45, 7) is 5.00. The molecule has 0 amide bonds. The number of hydrogen-bond donors (Lipinski definition) is 0. The van der Waals surface area contributed by atoms with E-state index >= 15 is 0 Å². The number of hydrogen-bond acceptors (Lipinski definition) is 1. The normalized spacial score (nSPS) is 32.0. The predicted molar refractivity (Wildman–Crippen MR) is 54.7 cm³/mol. The summed E-state index contributed by atoms with van der Waals surface area (Å²) in [6.07, 6.45) is 9.77. The van der Waals surface area contributed by atoms with E-state index in [1.54, 1.807) is 0 Å². The van der Waals surface area contributed by atoms with Crippen LogP contribution in [0.4, 0.5) is 0 Å². The van der Waals surface area contributed by atoms with Gasteiger partial charge in [-0.1, -0.05) is 31.4 Å². The van der Waals surface area contributed by atoms with E-state index < -0.39 is 0 Å². The van der Waals surface area contributed by atoms with E-state index in [0.29, 0.717) is 6.10 Å². The number of rotatable bonds is 1. The molecule has 2 aliphatic rings. The monoisotopic (exact) mass is 180 g/mol. The lowest BCUT2D eigenvalue weighted by atomic mass is 9.82. The summed E-state index contributed by atoms with van der Waals surface area (Å²) >= 11 is 0. The third-order valence-corrected chi connectivity index (χ3v) is 3.45. The van der Waals surface area contributed by atoms with Crippen molar-refractivity contribution in [1.29, 1.82) is 0 Å². The van der Waals surface area contributed by atoms with E-state index in [9.17, 15) is 0 Å². The first kappa shape index (κ1) is 9.26. The molecule has 1 saturated carbocycles. The Morgan fingerprint density at radius 2 is 1.92 bits per heavy atom. The molecule has 1 aliphatic heterocycles. The summed E-state index contributed by atoms with van der Waals surface area (Å²) in [6, 6.07) is 0. The van der Waals surface area contributed by atoms with Gasteiger partial charge >= 0.3 is 0 Å². The average Bonchev–Trinajstić information content (AvgIpc) is 2.19. The van der Waals surface area contributed by atoms with Crippen molar-refractivity contribution < 1.29 is 4.74 Å². The summed E-state index contributed by atoms with van der Waals surface area (Å²) in [5.74, 6) is 0.839. The Balaban J connectivity index is 1.87. The van der Waals surface area contributed by atoms with Crippen molar-refractivity contribution in [2.45, 2.75) is 51.0 Å². The van der Waals surface area contributed by atoms with Gasteiger partial charge in [-0.3, -0.25) is 0 Å². The quantitative estimate of drug-likeness (QED) is 0.563. The van der Waals surface area contributed by atoms with Crippen LogP contribution >= 0.6 is 0 Å². The van der Waals surface area contributed by atoms with E-state index in [2.05, 4.69) is 6.58 Å². The lowest BCUT2D eigenvalue weighted by Crippen LogP contribution is -2.30. The molecule has 1 saturated heterocycles. The van der Waals surface area contributed by atoms with Crippen molar-refractivity contribution in [2.24, 2.45) is 5.92 Å². The van der Waals surface area contributed by atoms with Crippen LogP contribution in [0.5, 0.6) is 0 Å². The second kappa shape index (κ2) is 4.28. The molecule has 1 heterocycles. The Hall–Kier alpha value is -0.300. The lowest BCUT2D eigenvalue weighted by Gasteiger charge is -2.33. The molecule has 1 unspecified atom stereocenters. The highest BCUT2D eigenvalue weighted by atomic mass is 16.5. The van der Waals surface area contributed by atoms with Gasteiger partial charge in [0, 0.05) is 0 Å². The van der Waals surface area contributed by atoms with Crippen LogP contribution in [0.15, 0.2) is 12.2 Å². The minimum absolute atomic E-state index is 0.515. The fraction of sp³-hybridized carbons (Fsp3) is 0.833. The summed E-state index contributed by atoms with van der Waals surface area (Å²) in [4.78, 5) is 0. The molecule has 74 valence electrons. The van der Waals surface area contributed by atoms with Gasteiger partial charge in [-0.2, -0.15) is 0 Å². The summed E-state index contributed by atoms with van der Waals surface area (Å²) in [5, 5.41) is 0. The Morgan fingerprint density at radius 1 is 1.15 bits per heavy atom. The van der Waals surface area contributed by atoms with Crippen molar-refractivity contribution in [1.82, 2.24) is 0 Å². The van der Waals surface area contributed by atoms with E-state index in [-0.39, 0.29) is 0 Å². The Labute approximate surface area is 81.2 Å². The minimum atomic E-state index is 0.515. The molecule has 1 atom stereocenters. The minimum Gasteiger partial charge on any atom is -0.377 e.